The fraction of sp³-hybridized carbons (Fsp3) is 0.889. The van der Waals surface area contributed by atoms with E-state index in [4.69, 9.17) is 4.74 Å². The molecule has 0 aliphatic rings. The molecular weight excluding hydrogens is 152 g/mol. The van der Waals surface area contributed by atoms with Crippen molar-refractivity contribution in [1.82, 2.24) is 9.80 Å². The van der Waals surface area contributed by atoms with Crippen LogP contribution >= 0.6 is 0 Å². The maximum atomic E-state index is 5.41. The summed E-state index contributed by atoms with van der Waals surface area (Å²) in [7, 11) is 6.14. The van der Waals surface area contributed by atoms with Gasteiger partial charge in [0.25, 0.3) is 0 Å². The van der Waals surface area contributed by atoms with Gasteiger partial charge in [-0.2, -0.15) is 0 Å². The minimum atomic E-state index is 0.805. The standard InChI is InChI=1S/C9H21N2O/c1-5-11(4)7-9-12-8-6-10(2)3/h1,5-9H2,2-4H3. The van der Waals surface area contributed by atoms with Crippen molar-refractivity contribution in [2.75, 3.05) is 54.0 Å². The van der Waals surface area contributed by atoms with Crippen molar-refractivity contribution in [3.05, 3.63) is 6.92 Å². The first kappa shape index (κ1) is 11.9. The minimum absolute atomic E-state index is 0.805. The van der Waals surface area contributed by atoms with Crippen molar-refractivity contribution < 1.29 is 4.74 Å². The van der Waals surface area contributed by atoms with Gasteiger partial charge >= 0.3 is 0 Å². The van der Waals surface area contributed by atoms with Gasteiger partial charge in [-0.15, -0.1) is 0 Å². The molecule has 3 heteroatoms. The molecule has 0 aliphatic heterocycles. The molecule has 0 atom stereocenters. The van der Waals surface area contributed by atoms with Gasteiger partial charge in [0, 0.05) is 13.1 Å². The molecule has 0 fully saturated rings. The first-order chi connectivity index (χ1) is 5.66. The molecule has 0 bridgehead atoms. The maximum absolute atomic E-state index is 5.41. The van der Waals surface area contributed by atoms with Gasteiger partial charge in [0.1, 0.15) is 0 Å². The van der Waals surface area contributed by atoms with Gasteiger partial charge in [0.2, 0.25) is 0 Å². The summed E-state index contributed by atoms with van der Waals surface area (Å²) in [5.74, 6) is 0. The van der Waals surface area contributed by atoms with E-state index < -0.39 is 0 Å². The summed E-state index contributed by atoms with van der Waals surface area (Å²) in [5, 5.41) is 0. The third-order valence-electron chi connectivity index (χ3n) is 1.68. The minimum Gasteiger partial charge on any atom is -0.379 e. The van der Waals surface area contributed by atoms with E-state index in [2.05, 4.69) is 16.7 Å². The summed E-state index contributed by atoms with van der Waals surface area (Å²) in [6.07, 6.45) is 0. The Bertz CT molecular complexity index is 96.5. The lowest BCUT2D eigenvalue weighted by atomic mass is 10.5. The normalized spacial score (nSPS) is 11.5. The van der Waals surface area contributed by atoms with E-state index in [0.29, 0.717) is 0 Å². The molecule has 0 amide bonds. The molecule has 73 valence electrons. The van der Waals surface area contributed by atoms with Crippen LogP contribution in [-0.2, 0) is 4.74 Å². The van der Waals surface area contributed by atoms with Crippen molar-refractivity contribution in [3.63, 3.8) is 0 Å². The van der Waals surface area contributed by atoms with Crippen molar-refractivity contribution in [1.29, 1.82) is 0 Å². The molecule has 0 rings (SSSR count). The van der Waals surface area contributed by atoms with Crippen LogP contribution in [0.4, 0.5) is 0 Å². The van der Waals surface area contributed by atoms with Gasteiger partial charge in [-0.3, -0.25) is 0 Å². The lowest BCUT2D eigenvalue weighted by Gasteiger charge is -2.14. The SMILES string of the molecule is [CH2]CN(C)CCOCCN(C)C. The van der Waals surface area contributed by atoms with Crippen LogP contribution in [-0.4, -0.2) is 63.8 Å². The van der Waals surface area contributed by atoms with Gasteiger partial charge in [-0.25, -0.2) is 0 Å². The van der Waals surface area contributed by atoms with Gasteiger partial charge in [-0.05, 0) is 34.6 Å². The van der Waals surface area contributed by atoms with Crippen LogP contribution in [0.15, 0.2) is 0 Å². The molecule has 0 unspecified atom stereocenters. The third kappa shape index (κ3) is 7.98. The lowest BCUT2D eigenvalue weighted by molar-refractivity contribution is 0.101. The predicted octanol–water partition coefficient (Wildman–Crippen LogP) is 0.330. The van der Waals surface area contributed by atoms with Gasteiger partial charge in [-0.1, -0.05) is 0 Å². The number of likely N-dealkylation sites (N-methyl/N-ethyl adjacent to an activating group) is 2. The van der Waals surface area contributed by atoms with Crippen LogP contribution in [0.5, 0.6) is 0 Å². The second-order valence-corrected chi connectivity index (χ2v) is 3.22. The summed E-state index contributed by atoms with van der Waals surface area (Å²) in [6, 6.07) is 0. The van der Waals surface area contributed by atoms with E-state index >= 15 is 0 Å². The molecule has 0 saturated carbocycles. The largest absolute Gasteiger partial charge is 0.379 e. The highest BCUT2D eigenvalue weighted by Gasteiger charge is 1.94. The van der Waals surface area contributed by atoms with Crippen LogP contribution in [0.25, 0.3) is 0 Å². The van der Waals surface area contributed by atoms with Crippen LogP contribution < -0.4 is 0 Å². The molecule has 1 radical (unpaired) electrons. The smallest absolute Gasteiger partial charge is 0.0593 e. The molecule has 0 aliphatic carbocycles. The topological polar surface area (TPSA) is 15.7 Å². The monoisotopic (exact) mass is 173 g/mol. The van der Waals surface area contributed by atoms with E-state index in [9.17, 15) is 0 Å². The van der Waals surface area contributed by atoms with E-state index in [1.54, 1.807) is 0 Å². The van der Waals surface area contributed by atoms with Crippen molar-refractivity contribution in [3.8, 4) is 0 Å². The van der Waals surface area contributed by atoms with Crippen LogP contribution in [0.1, 0.15) is 0 Å². The number of hydrogen-bond acceptors (Lipinski definition) is 3. The fourth-order valence-corrected chi connectivity index (χ4v) is 0.681. The summed E-state index contributed by atoms with van der Waals surface area (Å²) in [6.45, 7) is 8.21. The van der Waals surface area contributed by atoms with Crippen LogP contribution in [0, 0.1) is 6.92 Å². The zero-order valence-electron chi connectivity index (χ0n) is 8.55. The summed E-state index contributed by atoms with van der Waals surface area (Å²) >= 11 is 0. The van der Waals surface area contributed by atoms with Crippen molar-refractivity contribution in [2.24, 2.45) is 0 Å². The zero-order valence-corrected chi connectivity index (χ0v) is 8.55. The number of nitrogens with zero attached hydrogens (tertiary/aromatic N) is 2. The zero-order chi connectivity index (χ0) is 9.40. The van der Waals surface area contributed by atoms with Crippen molar-refractivity contribution in [2.45, 2.75) is 0 Å². The molecule has 0 aromatic heterocycles. The van der Waals surface area contributed by atoms with E-state index in [1.165, 1.54) is 0 Å². The summed E-state index contributed by atoms with van der Waals surface area (Å²) in [4.78, 5) is 4.25. The second-order valence-electron chi connectivity index (χ2n) is 3.22. The molecular formula is C9H21N2O. The Hall–Kier alpha value is -0.120. The Kier molecular flexibility index (Phi) is 7.45. The Morgan fingerprint density at radius 2 is 1.67 bits per heavy atom. The van der Waals surface area contributed by atoms with Gasteiger partial charge in [0.15, 0.2) is 0 Å². The quantitative estimate of drug-likeness (QED) is 0.516. The second kappa shape index (κ2) is 7.53. The number of ether oxygens (including phenoxy) is 1. The molecule has 0 N–H and O–H groups in total. The van der Waals surface area contributed by atoms with Gasteiger partial charge in [0.05, 0.1) is 13.2 Å². The molecule has 12 heavy (non-hydrogen) atoms. The van der Waals surface area contributed by atoms with Gasteiger partial charge < -0.3 is 14.5 Å². The lowest BCUT2D eigenvalue weighted by Crippen LogP contribution is -2.25. The highest BCUT2D eigenvalue weighted by atomic mass is 16.5. The average molecular weight is 173 g/mol. The third-order valence-corrected chi connectivity index (χ3v) is 1.68. The van der Waals surface area contributed by atoms with Crippen molar-refractivity contribution >= 4 is 0 Å². The Morgan fingerprint density at radius 3 is 2.17 bits per heavy atom. The van der Waals surface area contributed by atoms with Crippen LogP contribution in [0.2, 0.25) is 0 Å². The Labute approximate surface area is 76.3 Å². The molecule has 0 aromatic rings. The maximum Gasteiger partial charge on any atom is 0.0593 e. The average Bonchev–Trinajstić information content (AvgIpc) is 2.03. The van der Waals surface area contributed by atoms with E-state index in [0.717, 1.165) is 32.8 Å². The molecule has 3 nitrogen and oxygen atoms in total. The fourth-order valence-electron chi connectivity index (χ4n) is 0.681. The first-order valence-electron chi connectivity index (χ1n) is 4.37. The summed E-state index contributed by atoms with van der Waals surface area (Å²) < 4.78 is 5.41. The Morgan fingerprint density at radius 1 is 1.08 bits per heavy atom. The number of hydrogen-bond donors (Lipinski definition) is 0. The first-order valence-corrected chi connectivity index (χ1v) is 4.37. The highest BCUT2D eigenvalue weighted by Crippen LogP contribution is 1.82. The number of rotatable bonds is 7. The molecule has 0 spiro atoms. The van der Waals surface area contributed by atoms with Crippen LogP contribution in [0.3, 0.4) is 0 Å². The highest BCUT2D eigenvalue weighted by molar-refractivity contribution is 4.50. The predicted molar refractivity (Wildman–Crippen MR) is 52.2 cm³/mol. The Balaban J connectivity index is 3.00. The molecule has 0 saturated heterocycles. The summed E-state index contributed by atoms with van der Waals surface area (Å²) in [5.41, 5.74) is 0. The van der Waals surface area contributed by atoms with E-state index in [-0.39, 0.29) is 0 Å². The molecule has 0 aromatic carbocycles. The van der Waals surface area contributed by atoms with E-state index in [1.807, 2.05) is 21.1 Å². The molecule has 0 heterocycles.